The SMILES string of the molecule is Cc1ccc(C(=O)O)cc1-n1c(C)cc([C@H]2[C@H](c3ccccn3)NC(=S)N2c2ccc(OC3CCCC3)cc2)c1C. The highest BCUT2D eigenvalue weighted by Crippen LogP contribution is 2.44. The summed E-state index contributed by atoms with van der Waals surface area (Å²) < 4.78 is 8.37. The van der Waals surface area contributed by atoms with E-state index in [1.807, 2.05) is 43.3 Å². The predicted octanol–water partition coefficient (Wildman–Crippen LogP) is 6.99. The molecular formula is C33H34N4O3S. The number of carboxylic acids is 1. The zero-order valence-electron chi connectivity index (χ0n) is 23.5. The van der Waals surface area contributed by atoms with Crippen LogP contribution < -0.4 is 15.0 Å². The Kier molecular flexibility index (Phi) is 7.26. The second-order valence-corrected chi connectivity index (χ2v) is 11.4. The standard InChI is InChI=1S/C33H34N4O3S/c1-20-11-12-23(32(38)39)19-29(20)36-21(2)18-27(22(36)3)31-30(28-10-6-7-17-34-28)35-33(41)37(31)24-13-15-26(16-14-24)40-25-8-4-5-9-25/h6-7,10-19,25,30-31H,4-5,8-9H2,1-3H3,(H,35,41)(H,38,39)/t30-,31-/m0/s1. The third-order valence-corrected chi connectivity index (χ3v) is 8.62. The van der Waals surface area contributed by atoms with Gasteiger partial charge in [-0.05, 0) is 124 Å². The van der Waals surface area contributed by atoms with E-state index in [1.165, 1.54) is 12.8 Å². The van der Waals surface area contributed by atoms with Crippen LogP contribution in [0.5, 0.6) is 5.75 Å². The number of ether oxygens (including phenoxy) is 1. The molecule has 3 heterocycles. The molecule has 210 valence electrons. The van der Waals surface area contributed by atoms with E-state index in [4.69, 9.17) is 21.9 Å². The zero-order valence-corrected chi connectivity index (χ0v) is 24.3. The van der Waals surface area contributed by atoms with Crippen molar-refractivity contribution >= 4 is 29.0 Å². The van der Waals surface area contributed by atoms with Crippen LogP contribution in [0.25, 0.3) is 5.69 Å². The van der Waals surface area contributed by atoms with Gasteiger partial charge >= 0.3 is 5.97 Å². The van der Waals surface area contributed by atoms with Crippen LogP contribution in [0.4, 0.5) is 5.69 Å². The van der Waals surface area contributed by atoms with Crippen LogP contribution in [0, 0.1) is 20.8 Å². The minimum Gasteiger partial charge on any atom is -0.490 e. The number of benzene rings is 2. The Balaban J connectivity index is 1.43. The number of carbonyl (C=O) groups is 1. The van der Waals surface area contributed by atoms with Crippen LogP contribution in [0.2, 0.25) is 0 Å². The third-order valence-electron chi connectivity index (χ3n) is 8.30. The molecule has 1 saturated heterocycles. The monoisotopic (exact) mass is 566 g/mol. The molecule has 2 aliphatic rings. The Morgan fingerprint density at radius 1 is 1.02 bits per heavy atom. The third kappa shape index (κ3) is 5.08. The van der Waals surface area contributed by atoms with Crippen molar-refractivity contribution in [2.45, 2.75) is 64.6 Å². The fourth-order valence-electron chi connectivity index (χ4n) is 6.27. The van der Waals surface area contributed by atoms with Crippen molar-refractivity contribution < 1.29 is 14.6 Å². The van der Waals surface area contributed by atoms with Gasteiger partial charge in [-0.3, -0.25) is 4.98 Å². The topological polar surface area (TPSA) is 79.6 Å². The number of hydrogen-bond acceptors (Lipinski definition) is 4. The first-order valence-electron chi connectivity index (χ1n) is 14.1. The Labute approximate surface area is 245 Å². The van der Waals surface area contributed by atoms with E-state index in [0.717, 1.165) is 58.2 Å². The van der Waals surface area contributed by atoms with Crippen LogP contribution in [0.3, 0.4) is 0 Å². The van der Waals surface area contributed by atoms with Crippen molar-refractivity contribution in [3.8, 4) is 11.4 Å². The van der Waals surface area contributed by atoms with Crippen molar-refractivity contribution in [3.05, 3.63) is 107 Å². The van der Waals surface area contributed by atoms with Gasteiger partial charge in [0, 0.05) is 29.0 Å². The molecule has 41 heavy (non-hydrogen) atoms. The van der Waals surface area contributed by atoms with Gasteiger partial charge in [0.15, 0.2) is 5.11 Å². The molecule has 0 unspecified atom stereocenters. The van der Waals surface area contributed by atoms with Crippen molar-refractivity contribution in [1.82, 2.24) is 14.9 Å². The maximum Gasteiger partial charge on any atom is 0.335 e. The van der Waals surface area contributed by atoms with E-state index in [2.05, 4.69) is 46.8 Å². The molecule has 0 bridgehead atoms. The quantitative estimate of drug-likeness (QED) is 0.233. The lowest BCUT2D eigenvalue weighted by atomic mass is 9.96. The van der Waals surface area contributed by atoms with E-state index in [9.17, 15) is 9.90 Å². The van der Waals surface area contributed by atoms with Crippen LogP contribution in [-0.4, -0.2) is 31.8 Å². The Morgan fingerprint density at radius 2 is 1.78 bits per heavy atom. The summed E-state index contributed by atoms with van der Waals surface area (Å²) in [5.41, 5.74) is 7.12. The number of aromatic carboxylic acids is 1. The fraction of sp³-hybridized carbons (Fsp3) is 0.303. The number of aryl methyl sites for hydroxylation is 2. The highest BCUT2D eigenvalue weighted by molar-refractivity contribution is 7.80. The number of rotatable bonds is 7. The molecule has 1 aliphatic heterocycles. The van der Waals surface area contributed by atoms with Crippen molar-refractivity contribution in [1.29, 1.82) is 0 Å². The van der Waals surface area contributed by atoms with Crippen molar-refractivity contribution in [2.24, 2.45) is 0 Å². The minimum atomic E-state index is -0.943. The van der Waals surface area contributed by atoms with Crippen LogP contribution in [0.1, 0.15) is 76.3 Å². The largest absolute Gasteiger partial charge is 0.490 e. The average Bonchev–Trinajstić information content (AvgIpc) is 3.68. The van der Waals surface area contributed by atoms with Gasteiger partial charge in [0.25, 0.3) is 0 Å². The molecule has 0 amide bonds. The summed E-state index contributed by atoms with van der Waals surface area (Å²) >= 11 is 5.95. The smallest absolute Gasteiger partial charge is 0.335 e. The van der Waals surface area contributed by atoms with Gasteiger partial charge in [-0.1, -0.05) is 12.1 Å². The molecule has 1 saturated carbocycles. The van der Waals surface area contributed by atoms with E-state index >= 15 is 0 Å². The Hall–Kier alpha value is -4.17. The van der Waals surface area contributed by atoms with Crippen LogP contribution in [0.15, 0.2) is 72.9 Å². The first kappa shape index (κ1) is 27.0. The summed E-state index contributed by atoms with van der Waals surface area (Å²) in [6.45, 7) is 6.14. The maximum absolute atomic E-state index is 11.8. The number of aromatic nitrogens is 2. The number of pyridine rings is 1. The normalized spacial score (nSPS) is 19.0. The first-order chi connectivity index (χ1) is 19.8. The van der Waals surface area contributed by atoms with Gasteiger partial charge in [0.05, 0.1) is 29.4 Å². The summed E-state index contributed by atoms with van der Waals surface area (Å²) in [6.07, 6.45) is 6.78. The molecule has 2 atom stereocenters. The first-order valence-corrected chi connectivity index (χ1v) is 14.5. The molecule has 8 heteroatoms. The molecule has 0 spiro atoms. The Morgan fingerprint density at radius 3 is 2.46 bits per heavy atom. The Bertz CT molecular complexity index is 1590. The maximum atomic E-state index is 11.8. The van der Waals surface area contributed by atoms with Gasteiger partial charge in [0.1, 0.15) is 5.75 Å². The summed E-state index contributed by atoms with van der Waals surface area (Å²) in [7, 11) is 0. The van der Waals surface area contributed by atoms with Gasteiger partial charge in [-0.25, -0.2) is 4.79 Å². The lowest BCUT2D eigenvalue weighted by molar-refractivity contribution is 0.0697. The summed E-state index contributed by atoms with van der Waals surface area (Å²) in [4.78, 5) is 18.6. The second kappa shape index (κ2) is 11.0. The molecule has 2 fully saturated rings. The number of hydrogen-bond donors (Lipinski definition) is 2. The lowest BCUT2D eigenvalue weighted by Gasteiger charge is -2.28. The number of thiocarbonyl (C=S) groups is 1. The molecule has 2 N–H and O–H groups in total. The van der Waals surface area contributed by atoms with Gasteiger partial charge < -0.3 is 24.6 Å². The number of nitrogens with zero attached hydrogens (tertiary/aromatic N) is 3. The molecule has 1 aliphatic carbocycles. The molecular weight excluding hydrogens is 532 g/mol. The van der Waals surface area contributed by atoms with Crippen molar-refractivity contribution in [3.63, 3.8) is 0 Å². The number of carboxylic acid groups (broad SMARTS) is 1. The molecule has 0 radical (unpaired) electrons. The molecule has 2 aromatic heterocycles. The molecule has 2 aromatic carbocycles. The highest BCUT2D eigenvalue weighted by Gasteiger charge is 2.42. The summed E-state index contributed by atoms with van der Waals surface area (Å²) in [5, 5.41) is 13.8. The molecule has 7 nitrogen and oxygen atoms in total. The summed E-state index contributed by atoms with van der Waals surface area (Å²) in [6, 6.07) is 21.2. The van der Waals surface area contributed by atoms with Gasteiger partial charge in [0.2, 0.25) is 0 Å². The minimum absolute atomic E-state index is 0.179. The second-order valence-electron chi connectivity index (χ2n) is 11.0. The fourth-order valence-corrected chi connectivity index (χ4v) is 6.62. The lowest BCUT2D eigenvalue weighted by Crippen LogP contribution is -2.29. The molecule has 6 rings (SSSR count). The summed E-state index contributed by atoms with van der Waals surface area (Å²) in [5.74, 6) is -0.0652. The van der Waals surface area contributed by atoms with Gasteiger partial charge in [-0.15, -0.1) is 0 Å². The van der Waals surface area contributed by atoms with Crippen LogP contribution in [-0.2, 0) is 0 Å². The van der Waals surface area contributed by atoms with Crippen LogP contribution >= 0.6 is 12.2 Å². The highest BCUT2D eigenvalue weighted by atomic mass is 32.1. The number of anilines is 1. The molecule has 4 aromatic rings. The average molecular weight is 567 g/mol. The zero-order chi connectivity index (χ0) is 28.7. The predicted molar refractivity (Wildman–Crippen MR) is 164 cm³/mol. The van der Waals surface area contributed by atoms with Crippen molar-refractivity contribution in [2.75, 3.05) is 4.90 Å². The number of nitrogens with one attached hydrogen (secondary N) is 1. The van der Waals surface area contributed by atoms with E-state index in [0.29, 0.717) is 11.2 Å². The van der Waals surface area contributed by atoms with E-state index in [-0.39, 0.29) is 17.6 Å². The van der Waals surface area contributed by atoms with E-state index in [1.54, 1.807) is 18.3 Å². The van der Waals surface area contributed by atoms with E-state index < -0.39 is 5.97 Å². The van der Waals surface area contributed by atoms with Gasteiger partial charge in [-0.2, -0.15) is 0 Å².